The van der Waals surface area contributed by atoms with E-state index in [4.69, 9.17) is 105 Å². The van der Waals surface area contributed by atoms with Gasteiger partial charge in [-0.15, -0.1) is 0 Å². The summed E-state index contributed by atoms with van der Waals surface area (Å²) in [5.41, 5.74) is 1.09. The number of hydrogen-bond donors (Lipinski definition) is 4. The maximum absolute atomic E-state index is 13.6. The van der Waals surface area contributed by atoms with Crippen LogP contribution in [0.4, 0.5) is 22.7 Å². The zero-order valence-electron chi connectivity index (χ0n) is 61.4. The number of ether oxygens (including phenoxy) is 20. The Hall–Kier alpha value is -6.89. The van der Waals surface area contributed by atoms with Gasteiger partial charge in [0.1, 0.15) is 24.7 Å². The second kappa shape index (κ2) is 62.9. The summed E-state index contributed by atoms with van der Waals surface area (Å²) < 4.78 is 137. The van der Waals surface area contributed by atoms with Gasteiger partial charge in [-0.1, -0.05) is 0 Å². The number of carbonyl (C=O) groups excluding carboxylic acids is 4. The number of ketones is 2. The zero-order valence-corrected chi connectivity index (χ0v) is 62.2. The Balaban J connectivity index is 0.987. The maximum atomic E-state index is 13.6. The summed E-state index contributed by atoms with van der Waals surface area (Å²) in [6.45, 7) is 18.1. The van der Waals surface area contributed by atoms with Gasteiger partial charge in [-0.2, -0.15) is 20.5 Å². The molecule has 2 unspecified atom stereocenters. The van der Waals surface area contributed by atoms with Crippen LogP contribution in [0.15, 0.2) is 127 Å². The van der Waals surface area contributed by atoms with E-state index < -0.39 is 45.3 Å². The van der Waals surface area contributed by atoms with Crippen molar-refractivity contribution in [1.82, 2.24) is 0 Å². The van der Waals surface area contributed by atoms with Crippen molar-refractivity contribution in [3.05, 3.63) is 97.1 Å². The summed E-state index contributed by atoms with van der Waals surface area (Å²) >= 11 is 0. The summed E-state index contributed by atoms with van der Waals surface area (Å²) in [7, 11) is -4.09. The van der Waals surface area contributed by atoms with Crippen LogP contribution in [0.2, 0.25) is 0 Å². The summed E-state index contributed by atoms with van der Waals surface area (Å²) in [6.07, 6.45) is 0. The molecule has 35 heteroatoms. The second-order valence-electron chi connectivity index (χ2n) is 22.1. The summed E-state index contributed by atoms with van der Waals surface area (Å²) in [6, 6.07) is 20.6. The fourth-order valence-corrected chi connectivity index (χ4v) is 9.65. The van der Waals surface area contributed by atoms with Crippen molar-refractivity contribution in [2.75, 3.05) is 275 Å². The highest BCUT2D eigenvalue weighted by molar-refractivity contribution is 7.91. The van der Waals surface area contributed by atoms with Gasteiger partial charge in [0.05, 0.1) is 272 Å². The second-order valence-corrected chi connectivity index (χ2v) is 24.1. The van der Waals surface area contributed by atoms with Crippen LogP contribution in [0.25, 0.3) is 0 Å². The number of sulfone groups is 1. The number of nitrogens with one attached hydrogen (secondary N) is 2. The fraction of sp³-hybridized carbons (Fsp3) is 0.611. The van der Waals surface area contributed by atoms with Crippen LogP contribution >= 0.6 is 0 Å². The third-order valence-corrected chi connectivity index (χ3v) is 15.6. The van der Waals surface area contributed by atoms with Crippen molar-refractivity contribution in [3.63, 3.8) is 0 Å². The first-order valence-corrected chi connectivity index (χ1v) is 36.9. The predicted molar refractivity (Wildman–Crippen MR) is 386 cm³/mol. The first-order valence-electron chi connectivity index (χ1n) is 35.4. The number of amides is 2. The molecule has 0 heterocycles. The Labute approximate surface area is 625 Å². The Kier molecular flexibility index (Phi) is 54.4. The molecule has 0 aliphatic rings. The number of carbonyl (C=O) groups is 4. The van der Waals surface area contributed by atoms with E-state index in [1.807, 2.05) is 0 Å². The average molecular weight is 1540 g/mol. The van der Waals surface area contributed by atoms with E-state index in [0.717, 1.165) is 0 Å². The first kappa shape index (κ1) is 92.5. The number of aliphatic hydroxyl groups is 2. The largest absolute Gasteiger partial charge is 0.491 e. The van der Waals surface area contributed by atoms with Crippen LogP contribution in [0.3, 0.4) is 0 Å². The van der Waals surface area contributed by atoms with E-state index in [-0.39, 0.29) is 47.6 Å². The number of rotatable bonds is 72. The van der Waals surface area contributed by atoms with Crippen LogP contribution in [-0.2, 0) is 114 Å². The average Bonchev–Trinajstić information content (AvgIpc) is 0.800. The minimum absolute atomic E-state index is 0.00113. The number of benzene rings is 4. The van der Waals surface area contributed by atoms with Gasteiger partial charge in [0, 0.05) is 11.4 Å². The highest BCUT2D eigenvalue weighted by atomic mass is 32.2. The Morgan fingerprint density at radius 1 is 0.299 bits per heavy atom. The van der Waals surface area contributed by atoms with Crippen LogP contribution in [0, 0.1) is 0 Å². The van der Waals surface area contributed by atoms with Gasteiger partial charge in [-0.05, 0) is 111 Å². The molecule has 34 nitrogen and oxygen atoms in total. The van der Waals surface area contributed by atoms with Gasteiger partial charge >= 0.3 is 0 Å². The highest BCUT2D eigenvalue weighted by Gasteiger charge is 2.26. The molecule has 107 heavy (non-hydrogen) atoms. The molecule has 0 bridgehead atoms. The van der Waals surface area contributed by atoms with Gasteiger partial charge in [0.25, 0.3) is 11.8 Å². The van der Waals surface area contributed by atoms with E-state index in [2.05, 4.69) is 31.1 Å². The molecule has 4 aromatic carbocycles. The lowest BCUT2D eigenvalue weighted by Gasteiger charge is -2.12. The lowest BCUT2D eigenvalue weighted by molar-refractivity contribution is -0.127. The summed E-state index contributed by atoms with van der Waals surface area (Å²) in [4.78, 5) is 51.3. The minimum Gasteiger partial charge on any atom is -0.491 e. The highest BCUT2D eigenvalue weighted by Crippen LogP contribution is 2.26. The molecule has 600 valence electrons. The van der Waals surface area contributed by atoms with Crippen LogP contribution in [0.1, 0.15) is 13.8 Å². The quantitative estimate of drug-likeness (QED) is 0.0259. The summed E-state index contributed by atoms with van der Waals surface area (Å²) in [5, 5.41) is 38.6. The molecule has 0 spiro atoms. The van der Waals surface area contributed by atoms with Gasteiger partial charge in [-0.3, -0.25) is 19.2 Å². The number of nitrogens with zero attached hydrogens (tertiary/aromatic N) is 4. The van der Waals surface area contributed by atoms with Crippen molar-refractivity contribution in [3.8, 4) is 11.5 Å². The molecule has 4 N–H and O–H groups in total. The summed E-state index contributed by atoms with van der Waals surface area (Å²) in [5.74, 6) is -1.67. The number of hydrogen-bond acceptors (Lipinski definition) is 32. The van der Waals surface area contributed by atoms with E-state index in [1.165, 1.54) is 62.4 Å². The third-order valence-electron chi connectivity index (χ3n) is 13.8. The molecule has 2 amide bonds. The maximum Gasteiger partial charge on any atom is 0.258 e. The zero-order chi connectivity index (χ0) is 76.6. The van der Waals surface area contributed by atoms with Gasteiger partial charge in [0.2, 0.25) is 21.9 Å². The Morgan fingerprint density at radius 2 is 0.495 bits per heavy atom. The normalized spacial score (nSPS) is 12.3. The van der Waals surface area contributed by atoms with Crippen molar-refractivity contribution in [2.45, 2.75) is 35.7 Å². The molecule has 0 fully saturated rings. The van der Waals surface area contributed by atoms with Crippen LogP contribution in [0.5, 0.6) is 11.5 Å². The molecule has 0 saturated heterocycles. The SMILES string of the molecule is CC(=O)C(N=Nc1ccc(OCCOCCOCCOCCOCCOCCOCCOCCOCCOCCO)cc1)C(=O)Nc1ccc(S(=O)(=O)c2ccc(NC(=O)C(N=Nc3ccc(OCCOCCOCCOCCOCCOCCOCCOCCOCCOCCO)cc3)C(C)=O)cc2)cc1. The molecule has 0 aromatic heterocycles. The molecule has 0 aliphatic heterocycles. The Bertz CT molecular complexity index is 2880. The van der Waals surface area contributed by atoms with Crippen LogP contribution < -0.4 is 20.1 Å². The fourth-order valence-electron chi connectivity index (χ4n) is 8.38. The monoisotopic (exact) mass is 1540 g/mol. The van der Waals surface area contributed by atoms with E-state index in [0.29, 0.717) is 261 Å². The molecule has 2 atom stereocenters. The van der Waals surface area contributed by atoms with Gasteiger partial charge in [0.15, 0.2) is 11.6 Å². The number of Topliss-reactive ketones (excluding diaryl/α,β-unsaturated/α-hetero) is 2. The van der Waals surface area contributed by atoms with E-state index in [9.17, 15) is 27.6 Å². The smallest absolute Gasteiger partial charge is 0.258 e. The molecule has 0 aliphatic carbocycles. The number of azo groups is 2. The van der Waals surface area contributed by atoms with E-state index >= 15 is 0 Å². The standard InChI is InChI=1S/C72H108N6O28S/c1-59(81)69(77-75-63-3-11-65(12-4-63)105-57-55-103-53-51-101-49-47-99-45-43-97-41-39-95-37-35-93-33-31-91-29-27-89-25-23-87-21-19-79)71(83)73-61-7-15-67(16-8-61)107(85,86)68-17-9-62(10-18-68)74-72(84)70(60(2)82)78-76-64-5-13-66(14-6-64)106-58-56-104-54-52-102-50-48-100-46-44-98-42-40-96-38-36-94-34-32-92-30-28-90-26-24-88-22-20-80/h3-18,69-70,79-80H,19-58H2,1-2H3,(H,73,83)(H,74,84). The lowest BCUT2D eigenvalue weighted by atomic mass is 10.2. The van der Waals surface area contributed by atoms with Gasteiger partial charge in [-0.25, -0.2) is 8.42 Å². The molecule has 0 saturated carbocycles. The third kappa shape index (κ3) is 46.9. The molecule has 4 aromatic rings. The van der Waals surface area contributed by atoms with Crippen molar-refractivity contribution >= 4 is 56.0 Å². The molecular weight excluding hydrogens is 1430 g/mol. The topological polar surface area (TPSA) is 401 Å². The lowest BCUT2D eigenvalue weighted by Crippen LogP contribution is -2.31. The van der Waals surface area contributed by atoms with Crippen molar-refractivity contribution in [2.24, 2.45) is 20.5 Å². The van der Waals surface area contributed by atoms with E-state index in [1.54, 1.807) is 48.5 Å². The predicted octanol–water partition coefficient (Wildman–Crippen LogP) is 4.92. The Morgan fingerprint density at radius 3 is 0.692 bits per heavy atom. The number of aliphatic hydroxyl groups excluding tert-OH is 2. The van der Waals surface area contributed by atoms with Crippen molar-refractivity contribution < 1.29 is 133 Å². The van der Waals surface area contributed by atoms with Gasteiger partial charge < -0.3 is 116 Å². The molecule has 4 rings (SSSR count). The minimum atomic E-state index is -4.09. The van der Waals surface area contributed by atoms with Crippen LogP contribution in [-0.4, -0.2) is 318 Å². The molecule has 0 radical (unpaired) electrons. The number of anilines is 2. The molecular formula is C72H108N6O28S. The first-order chi connectivity index (χ1) is 52.4. The van der Waals surface area contributed by atoms with Crippen molar-refractivity contribution in [1.29, 1.82) is 0 Å².